The summed E-state index contributed by atoms with van der Waals surface area (Å²) in [6.45, 7) is 1.70. The number of fused-ring (bicyclic) bond motifs is 1. The Bertz CT molecular complexity index is 1010. The molecule has 0 amide bonds. The lowest BCUT2D eigenvalue weighted by Crippen LogP contribution is -2.10. The van der Waals surface area contributed by atoms with Gasteiger partial charge in [-0.15, -0.1) is 0 Å². The first-order chi connectivity index (χ1) is 11.4. The number of aromatic carboxylic acids is 1. The second-order valence-corrected chi connectivity index (χ2v) is 5.38. The summed E-state index contributed by atoms with van der Waals surface area (Å²) >= 11 is 0. The van der Waals surface area contributed by atoms with E-state index >= 15 is 0 Å². The third-order valence-electron chi connectivity index (χ3n) is 3.64. The van der Waals surface area contributed by atoms with Gasteiger partial charge in [-0.3, -0.25) is 9.59 Å². The fraction of sp³-hybridized carbons (Fsp3) is 0.118. The summed E-state index contributed by atoms with van der Waals surface area (Å²) in [6.07, 6.45) is -0.380. The Morgan fingerprint density at radius 3 is 2.42 bits per heavy atom. The van der Waals surface area contributed by atoms with E-state index < -0.39 is 17.5 Å². The maximum absolute atomic E-state index is 12.2. The number of carboxylic acid groups (broad SMARTS) is 2. The third kappa shape index (κ3) is 2.67. The van der Waals surface area contributed by atoms with Crippen LogP contribution in [0.5, 0.6) is 0 Å². The number of pyridine rings is 1. The lowest BCUT2D eigenvalue weighted by atomic mass is 10.0. The summed E-state index contributed by atoms with van der Waals surface area (Å²) in [5.74, 6) is -1.91. The number of H-pyrrole nitrogens is 1. The molecule has 0 fully saturated rings. The van der Waals surface area contributed by atoms with E-state index in [0.717, 1.165) is 0 Å². The molecule has 3 N–H and O–H groups in total. The molecule has 0 unspecified atom stereocenters. The summed E-state index contributed by atoms with van der Waals surface area (Å²) in [4.78, 5) is 37.0. The van der Waals surface area contributed by atoms with Crippen LogP contribution in [0.4, 0.5) is 0 Å². The minimum Gasteiger partial charge on any atom is -0.481 e. The fourth-order valence-electron chi connectivity index (χ4n) is 2.63. The molecule has 2 aromatic heterocycles. The van der Waals surface area contributed by atoms with Crippen LogP contribution in [-0.4, -0.2) is 27.1 Å². The molecule has 24 heavy (non-hydrogen) atoms. The number of hydrogen-bond donors (Lipinski definition) is 3. The maximum atomic E-state index is 12.2. The molecular weight excluding hydrogens is 314 g/mol. The van der Waals surface area contributed by atoms with Gasteiger partial charge >= 0.3 is 11.9 Å². The molecule has 0 radical (unpaired) electrons. The SMILES string of the molecule is Cc1cc2oc(-c3ccc(C(=O)O)cc3)c(CC(=O)O)c2c(=O)[nH]1. The fourth-order valence-corrected chi connectivity index (χ4v) is 2.63. The molecule has 0 atom stereocenters. The standard InChI is InChI=1S/C17H13NO6/c1-8-6-12-14(16(21)18-8)11(7-13(19)20)15(24-12)9-2-4-10(5-3-9)17(22)23/h2-6H,7H2,1H3,(H,18,21)(H,19,20)(H,22,23). The van der Waals surface area contributed by atoms with Crippen molar-refractivity contribution in [2.75, 3.05) is 0 Å². The number of aromatic nitrogens is 1. The minimum atomic E-state index is -1.10. The van der Waals surface area contributed by atoms with E-state index in [2.05, 4.69) is 4.98 Å². The number of rotatable bonds is 4. The number of benzene rings is 1. The smallest absolute Gasteiger partial charge is 0.335 e. The summed E-state index contributed by atoms with van der Waals surface area (Å²) in [5.41, 5.74) is 1.34. The van der Waals surface area contributed by atoms with Crippen molar-refractivity contribution in [3.05, 3.63) is 57.5 Å². The highest BCUT2D eigenvalue weighted by Crippen LogP contribution is 2.32. The number of carboxylic acids is 2. The number of aliphatic carboxylic acids is 1. The molecular formula is C17H13NO6. The number of furan rings is 1. The lowest BCUT2D eigenvalue weighted by molar-refractivity contribution is -0.136. The van der Waals surface area contributed by atoms with Gasteiger partial charge in [0.25, 0.3) is 5.56 Å². The Balaban J connectivity index is 2.26. The van der Waals surface area contributed by atoms with Crippen LogP contribution in [0.15, 0.2) is 39.5 Å². The van der Waals surface area contributed by atoms with Gasteiger partial charge in [-0.2, -0.15) is 0 Å². The Kier molecular flexibility index (Phi) is 3.69. The van der Waals surface area contributed by atoms with Gasteiger partial charge in [0.2, 0.25) is 0 Å². The van der Waals surface area contributed by atoms with Crippen LogP contribution in [0.1, 0.15) is 21.6 Å². The van der Waals surface area contributed by atoms with E-state index in [1.54, 1.807) is 13.0 Å². The summed E-state index contributed by atoms with van der Waals surface area (Å²) < 4.78 is 5.72. The molecule has 0 saturated carbocycles. The molecule has 0 saturated heterocycles. The van der Waals surface area contributed by atoms with Crippen molar-refractivity contribution in [1.29, 1.82) is 0 Å². The molecule has 2 heterocycles. The zero-order valence-electron chi connectivity index (χ0n) is 12.6. The van der Waals surface area contributed by atoms with Gasteiger partial charge in [0.1, 0.15) is 11.3 Å². The van der Waals surface area contributed by atoms with E-state index in [9.17, 15) is 14.4 Å². The third-order valence-corrected chi connectivity index (χ3v) is 3.64. The molecule has 3 aromatic rings. The highest BCUT2D eigenvalue weighted by atomic mass is 16.4. The van der Waals surface area contributed by atoms with E-state index in [4.69, 9.17) is 14.6 Å². The Morgan fingerprint density at radius 1 is 1.17 bits per heavy atom. The molecule has 0 aliphatic heterocycles. The van der Waals surface area contributed by atoms with E-state index in [0.29, 0.717) is 16.8 Å². The molecule has 7 nitrogen and oxygen atoms in total. The van der Waals surface area contributed by atoms with E-state index in [1.165, 1.54) is 24.3 Å². The van der Waals surface area contributed by atoms with Crippen LogP contribution >= 0.6 is 0 Å². The van der Waals surface area contributed by atoms with Crippen LogP contribution in [-0.2, 0) is 11.2 Å². The predicted octanol–water partition coefficient (Wildman–Crippen LogP) is 2.42. The van der Waals surface area contributed by atoms with Crippen LogP contribution < -0.4 is 5.56 Å². The van der Waals surface area contributed by atoms with Crippen LogP contribution in [0.2, 0.25) is 0 Å². The summed E-state index contributed by atoms with van der Waals surface area (Å²) in [7, 11) is 0. The Morgan fingerprint density at radius 2 is 1.83 bits per heavy atom. The first-order valence-corrected chi connectivity index (χ1v) is 7.07. The van der Waals surface area contributed by atoms with Gasteiger partial charge in [-0.1, -0.05) is 12.1 Å². The second kappa shape index (κ2) is 5.69. The number of hydrogen-bond acceptors (Lipinski definition) is 4. The average molecular weight is 327 g/mol. The number of aryl methyl sites for hydroxylation is 1. The number of carbonyl (C=O) groups is 2. The van der Waals surface area contributed by atoms with Crippen LogP contribution in [0, 0.1) is 6.92 Å². The van der Waals surface area contributed by atoms with Gasteiger partial charge < -0.3 is 19.6 Å². The topological polar surface area (TPSA) is 121 Å². The largest absolute Gasteiger partial charge is 0.481 e. The van der Waals surface area contributed by atoms with E-state index in [-0.39, 0.29) is 28.7 Å². The summed E-state index contributed by atoms with van der Waals surface area (Å²) in [6, 6.07) is 7.45. The zero-order valence-corrected chi connectivity index (χ0v) is 12.6. The van der Waals surface area contributed by atoms with E-state index in [1.807, 2.05) is 0 Å². The lowest BCUT2D eigenvalue weighted by Gasteiger charge is -2.02. The Hall–Kier alpha value is -3.35. The van der Waals surface area contributed by atoms with Crippen molar-refractivity contribution in [1.82, 2.24) is 4.98 Å². The number of nitrogens with one attached hydrogen (secondary N) is 1. The Labute approximate surface area is 135 Å². The average Bonchev–Trinajstić information content (AvgIpc) is 2.85. The predicted molar refractivity (Wildman–Crippen MR) is 85.3 cm³/mol. The van der Waals surface area contributed by atoms with Gasteiger partial charge in [0.05, 0.1) is 17.4 Å². The molecule has 0 spiro atoms. The van der Waals surface area contributed by atoms with Crippen molar-refractivity contribution in [3.8, 4) is 11.3 Å². The van der Waals surface area contributed by atoms with Crippen molar-refractivity contribution >= 4 is 22.9 Å². The monoisotopic (exact) mass is 327 g/mol. The molecule has 122 valence electrons. The molecule has 0 aliphatic rings. The first kappa shape index (κ1) is 15.5. The van der Waals surface area contributed by atoms with Crippen LogP contribution in [0.25, 0.3) is 22.3 Å². The van der Waals surface area contributed by atoms with Gasteiger partial charge in [-0.25, -0.2) is 4.79 Å². The maximum Gasteiger partial charge on any atom is 0.335 e. The summed E-state index contributed by atoms with van der Waals surface area (Å²) in [5, 5.41) is 18.3. The van der Waals surface area contributed by atoms with Crippen molar-refractivity contribution in [2.24, 2.45) is 0 Å². The molecule has 0 aliphatic carbocycles. The normalized spacial score (nSPS) is 10.9. The zero-order chi connectivity index (χ0) is 17.4. The number of aromatic amines is 1. The molecule has 1 aromatic carbocycles. The van der Waals surface area contributed by atoms with Gasteiger partial charge in [0, 0.05) is 22.9 Å². The minimum absolute atomic E-state index is 0.100. The highest BCUT2D eigenvalue weighted by Gasteiger charge is 2.21. The second-order valence-electron chi connectivity index (χ2n) is 5.38. The highest BCUT2D eigenvalue weighted by molar-refractivity contribution is 5.92. The molecule has 7 heteroatoms. The first-order valence-electron chi connectivity index (χ1n) is 7.07. The van der Waals surface area contributed by atoms with Crippen molar-refractivity contribution < 1.29 is 24.2 Å². The quantitative estimate of drug-likeness (QED) is 0.677. The van der Waals surface area contributed by atoms with Gasteiger partial charge in [-0.05, 0) is 19.1 Å². The molecule has 0 bridgehead atoms. The van der Waals surface area contributed by atoms with Gasteiger partial charge in [0.15, 0.2) is 0 Å². The van der Waals surface area contributed by atoms with Crippen molar-refractivity contribution in [2.45, 2.75) is 13.3 Å². The van der Waals surface area contributed by atoms with Crippen molar-refractivity contribution in [3.63, 3.8) is 0 Å². The molecule has 3 rings (SSSR count). The van der Waals surface area contributed by atoms with Crippen LogP contribution in [0.3, 0.4) is 0 Å².